The fourth-order valence-electron chi connectivity index (χ4n) is 1.86. The van der Waals surface area contributed by atoms with Crippen LogP contribution in [-0.4, -0.2) is 38.8 Å². The van der Waals surface area contributed by atoms with Crippen LogP contribution in [0.3, 0.4) is 0 Å². The first-order valence-corrected chi connectivity index (χ1v) is 9.19. The summed E-state index contributed by atoms with van der Waals surface area (Å²) < 4.78 is 2.49. The van der Waals surface area contributed by atoms with Gasteiger partial charge in [0.25, 0.3) is 0 Å². The highest BCUT2D eigenvalue weighted by molar-refractivity contribution is 7.99. The molecule has 0 atom stereocenters. The van der Waals surface area contributed by atoms with Crippen LogP contribution >= 0.6 is 34.7 Å². The molecule has 0 aromatic carbocycles. The van der Waals surface area contributed by atoms with Crippen LogP contribution < -0.4 is 5.32 Å². The summed E-state index contributed by atoms with van der Waals surface area (Å²) in [6.45, 7) is 2.11. The SMILES string of the molecule is CC(=O)NCCCc1nnc(SCC(=O)c2ccc(Cl)s2)n1C. The Morgan fingerprint density at radius 3 is 2.83 bits per heavy atom. The van der Waals surface area contributed by atoms with Crippen molar-refractivity contribution in [3.63, 3.8) is 0 Å². The number of thioether (sulfide) groups is 1. The first-order valence-electron chi connectivity index (χ1n) is 7.01. The second-order valence-corrected chi connectivity index (χ2v) is 7.52. The molecule has 0 spiro atoms. The summed E-state index contributed by atoms with van der Waals surface area (Å²) in [4.78, 5) is 23.5. The van der Waals surface area contributed by atoms with E-state index in [1.165, 1.54) is 30.0 Å². The number of thiophene rings is 1. The second kappa shape index (κ2) is 8.47. The Bertz CT molecular complexity index is 699. The molecule has 2 heterocycles. The summed E-state index contributed by atoms with van der Waals surface area (Å²) in [7, 11) is 1.88. The third kappa shape index (κ3) is 5.33. The van der Waals surface area contributed by atoms with Gasteiger partial charge < -0.3 is 9.88 Å². The van der Waals surface area contributed by atoms with E-state index in [9.17, 15) is 9.59 Å². The van der Waals surface area contributed by atoms with Gasteiger partial charge in [-0.05, 0) is 18.6 Å². The van der Waals surface area contributed by atoms with Crippen molar-refractivity contribution >= 4 is 46.4 Å². The first-order chi connectivity index (χ1) is 11.0. The number of nitrogens with one attached hydrogen (secondary N) is 1. The van der Waals surface area contributed by atoms with Crippen molar-refractivity contribution in [2.24, 2.45) is 7.05 Å². The van der Waals surface area contributed by atoms with Gasteiger partial charge in [0, 0.05) is 26.9 Å². The third-order valence-electron chi connectivity index (χ3n) is 3.06. The Balaban J connectivity index is 1.84. The molecule has 0 aliphatic heterocycles. The summed E-state index contributed by atoms with van der Waals surface area (Å²) in [6, 6.07) is 3.46. The number of nitrogens with zero attached hydrogens (tertiary/aromatic N) is 3. The molecule has 0 aliphatic carbocycles. The van der Waals surface area contributed by atoms with Gasteiger partial charge in [-0.1, -0.05) is 23.4 Å². The lowest BCUT2D eigenvalue weighted by Crippen LogP contribution is -2.21. The highest BCUT2D eigenvalue weighted by Gasteiger charge is 2.13. The van der Waals surface area contributed by atoms with Crippen molar-refractivity contribution in [1.82, 2.24) is 20.1 Å². The van der Waals surface area contributed by atoms with Crippen LogP contribution in [0, 0.1) is 0 Å². The highest BCUT2D eigenvalue weighted by Crippen LogP contribution is 2.24. The van der Waals surface area contributed by atoms with Gasteiger partial charge in [-0.3, -0.25) is 9.59 Å². The number of carbonyl (C=O) groups excluding carboxylic acids is 2. The molecule has 0 saturated carbocycles. The maximum absolute atomic E-state index is 12.1. The minimum Gasteiger partial charge on any atom is -0.356 e. The lowest BCUT2D eigenvalue weighted by Gasteiger charge is -2.04. The zero-order valence-electron chi connectivity index (χ0n) is 12.8. The minimum absolute atomic E-state index is 0.0297. The lowest BCUT2D eigenvalue weighted by atomic mass is 10.3. The molecule has 0 saturated heterocycles. The number of hydrogen-bond donors (Lipinski definition) is 1. The van der Waals surface area contributed by atoms with E-state index in [4.69, 9.17) is 11.6 Å². The van der Waals surface area contributed by atoms with Crippen LogP contribution in [0.25, 0.3) is 0 Å². The molecule has 23 heavy (non-hydrogen) atoms. The zero-order chi connectivity index (χ0) is 16.8. The van der Waals surface area contributed by atoms with Crippen molar-refractivity contribution in [1.29, 1.82) is 0 Å². The van der Waals surface area contributed by atoms with E-state index in [0.29, 0.717) is 26.7 Å². The van der Waals surface area contributed by atoms with Gasteiger partial charge >= 0.3 is 0 Å². The Morgan fingerprint density at radius 2 is 2.17 bits per heavy atom. The Labute approximate surface area is 147 Å². The van der Waals surface area contributed by atoms with E-state index in [0.717, 1.165) is 18.7 Å². The molecule has 0 bridgehead atoms. The Morgan fingerprint density at radius 1 is 1.39 bits per heavy atom. The molecular weight excluding hydrogens is 356 g/mol. The van der Waals surface area contributed by atoms with E-state index < -0.39 is 0 Å². The Hall–Kier alpha value is -1.38. The summed E-state index contributed by atoms with van der Waals surface area (Å²) >= 11 is 8.48. The van der Waals surface area contributed by atoms with Crippen LogP contribution in [0.2, 0.25) is 4.34 Å². The van der Waals surface area contributed by atoms with Gasteiger partial charge in [0.1, 0.15) is 5.82 Å². The molecule has 0 radical (unpaired) electrons. The normalized spacial score (nSPS) is 10.7. The van der Waals surface area contributed by atoms with Crippen LogP contribution in [0.1, 0.15) is 28.8 Å². The minimum atomic E-state index is -0.0357. The highest BCUT2D eigenvalue weighted by atomic mass is 35.5. The molecule has 1 amide bonds. The lowest BCUT2D eigenvalue weighted by molar-refractivity contribution is -0.118. The standard InChI is InChI=1S/C14H17ClN4O2S2/c1-9(20)16-7-3-4-13-17-18-14(19(13)2)22-8-10(21)11-5-6-12(15)23-11/h5-6H,3-4,7-8H2,1-2H3,(H,16,20). The smallest absolute Gasteiger partial charge is 0.216 e. The first kappa shape index (κ1) is 18.0. The van der Waals surface area contributed by atoms with Crippen LogP contribution in [0.5, 0.6) is 0 Å². The van der Waals surface area contributed by atoms with Crippen molar-refractivity contribution in [2.75, 3.05) is 12.3 Å². The predicted octanol–water partition coefficient (Wildman–Crippen LogP) is 2.57. The topological polar surface area (TPSA) is 76.9 Å². The molecule has 0 unspecified atom stereocenters. The summed E-state index contributed by atoms with van der Waals surface area (Å²) in [5.74, 6) is 1.13. The number of Topliss-reactive ketones (excluding diaryl/α,β-unsaturated/α-hetero) is 1. The zero-order valence-corrected chi connectivity index (χ0v) is 15.2. The second-order valence-electron chi connectivity index (χ2n) is 4.86. The van der Waals surface area contributed by atoms with Gasteiger partial charge in [-0.25, -0.2) is 0 Å². The molecule has 2 rings (SSSR count). The van der Waals surface area contributed by atoms with Gasteiger partial charge in [0.05, 0.1) is 15.0 Å². The largest absolute Gasteiger partial charge is 0.356 e. The molecule has 0 aliphatic rings. The summed E-state index contributed by atoms with van der Waals surface area (Å²) in [5.41, 5.74) is 0. The number of aromatic nitrogens is 3. The molecule has 2 aromatic rings. The number of carbonyl (C=O) groups is 2. The van der Waals surface area contributed by atoms with E-state index in [-0.39, 0.29) is 11.7 Å². The van der Waals surface area contributed by atoms with E-state index >= 15 is 0 Å². The van der Waals surface area contributed by atoms with Gasteiger partial charge in [-0.15, -0.1) is 21.5 Å². The maximum atomic E-state index is 12.1. The van der Waals surface area contributed by atoms with Crippen molar-refractivity contribution in [3.8, 4) is 0 Å². The van der Waals surface area contributed by atoms with Gasteiger partial charge in [0.2, 0.25) is 5.91 Å². The van der Waals surface area contributed by atoms with Gasteiger partial charge in [-0.2, -0.15) is 0 Å². The van der Waals surface area contributed by atoms with E-state index in [2.05, 4.69) is 15.5 Å². The monoisotopic (exact) mass is 372 g/mol. The average Bonchev–Trinajstić information content (AvgIpc) is 3.08. The fourth-order valence-corrected chi connectivity index (χ4v) is 3.75. The molecule has 1 N–H and O–H groups in total. The summed E-state index contributed by atoms with van der Waals surface area (Å²) in [6.07, 6.45) is 1.52. The summed E-state index contributed by atoms with van der Waals surface area (Å²) in [5, 5.41) is 11.7. The third-order valence-corrected chi connectivity index (χ3v) is 5.35. The molecular formula is C14H17ClN4O2S2. The van der Waals surface area contributed by atoms with Crippen LogP contribution in [0.15, 0.2) is 17.3 Å². The van der Waals surface area contributed by atoms with Crippen molar-refractivity contribution < 1.29 is 9.59 Å². The van der Waals surface area contributed by atoms with Crippen molar-refractivity contribution in [2.45, 2.75) is 24.9 Å². The number of hydrogen-bond acceptors (Lipinski definition) is 6. The van der Waals surface area contributed by atoms with Gasteiger partial charge in [0.15, 0.2) is 10.9 Å². The number of rotatable bonds is 8. The maximum Gasteiger partial charge on any atom is 0.216 e. The fraction of sp³-hybridized carbons (Fsp3) is 0.429. The quantitative estimate of drug-likeness (QED) is 0.438. The number of halogens is 1. The number of amides is 1. The average molecular weight is 373 g/mol. The number of ketones is 1. The van der Waals surface area contributed by atoms with Crippen LogP contribution in [0.4, 0.5) is 0 Å². The molecule has 0 fully saturated rings. The van der Waals surface area contributed by atoms with Crippen molar-refractivity contribution in [3.05, 3.63) is 27.2 Å². The number of aryl methyl sites for hydroxylation is 1. The predicted molar refractivity (Wildman–Crippen MR) is 92.4 cm³/mol. The molecule has 124 valence electrons. The molecule has 6 nitrogen and oxygen atoms in total. The van der Waals surface area contributed by atoms with Crippen LogP contribution in [-0.2, 0) is 18.3 Å². The molecule has 2 aromatic heterocycles. The van der Waals surface area contributed by atoms with E-state index in [1.807, 2.05) is 11.6 Å². The van der Waals surface area contributed by atoms with E-state index in [1.54, 1.807) is 12.1 Å². The molecule has 9 heteroatoms. The Kier molecular flexibility index (Phi) is 6.61.